The Labute approximate surface area is 105 Å². The molecular weight excluding hydrogens is 230 g/mol. The van der Waals surface area contributed by atoms with Crippen LogP contribution in [0.2, 0.25) is 0 Å². The maximum Gasteiger partial charge on any atom is 0.241 e. The summed E-state index contributed by atoms with van der Waals surface area (Å²) in [4.78, 5) is 18.7. The van der Waals surface area contributed by atoms with Crippen LogP contribution in [0.4, 0.5) is 11.9 Å². The summed E-state index contributed by atoms with van der Waals surface area (Å²) in [6.45, 7) is 0.965. The minimum Gasteiger partial charge on any atom is -0.368 e. The highest BCUT2D eigenvalue weighted by atomic mass is 15.3. The Kier molecular flexibility index (Phi) is 2.58. The van der Waals surface area contributed by atoms with Crippen LogP contribution in [0.15, 0.2) is 18.7 Å². The van der Waals surface area contributed by atoms with Gasteiger partial charge >= 0.3 is 0 Å². The number of nitrogen functional groups attached to an aromatic ring is 1. The van der Waals surface area contributed by atoms with E-state index < -0.39 is 0 Å². The number of imidazole rings is 1. The SMILES string of the molecule is CN(CC1CC1)c1nc(N)nc(-n2ccnc2)n1. The van der Waals surface area contributed by atoms with Crippen molar-refractivity contribution in [2.45, 2.75) is 12.8 Å². The molecule has 0 amide bonds. The summed E-state index contributed by atoms with van der Waals surface area (Å²) >= 11 is 0. The van der Waals surface area contributed by atoms with E-state index in [2.05, 4.69) is 19.9 Å². The Bertz CT molecular complexity index is 532. The minimum absolute atomic E-state index is 0.228. The van der Waals surface area contributed by atoms with Crippen LogP contribution >= 0.6 is 0 Å². The third-order valence-electron chi connectivity index (χ3n) is 2.93. The van der Waals surface area contributed by atoms with E-state index in [9.17, 15) is 0 Å². The van der Waals surface area contributed by atoms with Crippen LogP contribution in [0.1, 0.15) is 12.8 Å². The van der Waals surface area contributed by atoms with Gasteiger partial charge in [-0.05, 0) is 18.8 Å². The average Bonchev–Trinajstić information content (AvgIpc) is 2.99. The van der Waals surface area contributed by atoms with Gasteiger partial charge in [-0.25, -0.2) is 4.98 Å². The fraction of sp³-hybridized carbons (Fsp3) is 0.455. The number of nitrogens with zero attached hydrogens (tertiary/aromatic N) is 6. The molecule has 2 N–H and O–H groups in total. The van der Waals surface area contributed by atoms with Crippen molar-refractivity contribution in [3.8, 4) is 5.95 Å². The fourth-order valence-electron chi connectivity index (χ4n) is 1.80. The Hall–Kier alpha value is -2.18. The molecule has 7 heteroatoms. The molecule has 3 rings (SSSR count). The summed E-state index contributed by atoms with van der Waals surface area (Å²) in [5.74, 6) is 2.10. The molecule has 0 bridgehead atoms. The standard InChI is InChI=1S/C11H15N7/c1-17(6-8-2-3-8)10-14-9(12)15-11(16-10)18-5-4-13-7-18/h4-5,7-8H,2-3,6H2,1H3,(H2,12,14,15,16). The Morgan fingerprint density at radius 3 is 2.89 bits per heavy atom. The number of nitrogens with two attached hydrogens (primary N) is 1. The highest BCUT2D eigenvalue weighted by Gasteiger charge is 2.24. The third-order valence-corrected chi connectivity index (χ3v) is 2.93. The molecule has 1 saturated carbocycles. The van der Waals surface area contributed by atoms with Gasteiger partial charge in [0.1, 0.15) is 6.33 Å². The predicted molar refractivity (Wildman–Crippen MR) is 67.4 cm³/mol. The van der Waals surface area contributed by atoms with E-state index in [4.69, 9.17) is 5.73 Å². The lowest BCUT2D eigenvalue weighted by Crippen LogP contribution is -2.23. The molecule has 1 aliphatic rings. The van der Waals surface area contributed by atoms with Crippen LogP contribution in [0.25, 0.3) is 5.95 Å². The van der Waals surface area contributed by atoms with Crippen LogP contribution in [0.5, 0.6) is 0 Å². The van der Waals surface area contributed by atoms with Crippen LogP contribution in [-0.2, 0) is 0 Å². The van der Waals surface area contributed by atoms with Gasteiger partial charge in [0, 0.05) is 26.0 Å². The van der Waals surface area contributed by atoms with Crippen molar-refractivity contribution in [2.75, 3.05) is 24.2 Å². The van der Waals surface area contributed by atoms with Crippen molar-refractivity contribution in [3.63, 3.8) is 0 Å². The summed E-state index contributed by atoms with van der Waals surface area (Å²) in [6.07, 6.45) is 7.67. The van der Waals surface area contributed by atoms with Crippen LogP contribution < -0.4 is 10.6 Å². The lowest BCUT2D eigenvalue weighted by atomic mass is 10.4. The Morgan fingerprint density at radius 1 is 1.39 bits per heavy atom. The van der Waals surface area contributed by atoms with Crippen molar-refractivity contribution in [2.24, 2.45) is 5.92 Å². The zero-order chi connectivity index (χ0) is 12.5. The van der Waals surface area contributed by atoms with Gasteiger partial charge in [-0.1, -0.05) is 0 Å². The number of anilines is 2. The first-order valence-corrected chi connectivity index (χ1v) is 5.93. The molecule has 2 aromatic heterocycles. The summed E-state index contributed by atoms with van der Waals surface area (Å²) in [7, 11) is 1.98. The summed E-state index contributed by atoms with van der Waals surface area (Å²) in [5.41, 5.74) is 5.73. The molecule has 0 aliphatic heterocycles. The molecule has 0 saturated heterocycles. The van der Waals surface area contributed by atoms with Crippen LogP contribution in [0, 0.1) is 5.92 Å². The van der Waals surface area contributed by atoms with E-state index in [-0.39, 0.29) is 5.95 Å². The van der Waals surface area contributed by atoms with Crippen molar-refractivity contribution in [1.82, 2.24) is 24.5 Å². The monoisotopic (exact) mass is 245 g/mol. The van der Waals surface area contributed by atoms with Crippen molar-refractivity contribution in [1.29, 1.82) is 0 Å². The second-order valence-electron chi connectivity index (χ2n) is 4.59. The van der Waals surface area contributed by atoms with Gasteiger partial charge in [-0.3, -0.25) is 4.57 Å². The molecule has 0 radical (unpaired) electrons. The second kappa shape index (κ2) is 4.25. The molecule has 2 heterocycles. The first-order valence-electron chi connectivity index (χ1n) is 5.93. The highest BCUT2D eigenvalue weighted by molar-refractivity contribution is 5.37. The van der Waals surface area contributed by atoms with E-state index in [0.29, 0.717) is 11.9 Å². The van der Waals surface area contributed by atoms with Crippen LogP contribution in [-0.4, -0.2) is 38.1 Å². The quantitative estimate of drug-likeness (QED) is 0.843. The van der Waals surface area contributed by atoms with Gasteiger partial charge in [-0.2, -0.15) is 15.0 Å². The number of hydrogen-bond acceptors (Lipinski definition) is 6. The van der Waals surface area contributed by atoms with Gasteiger partial charge in [-0.15, -0.1) is 0 Å². The predicted octanol–water partition coefficient (Wildman–Crippen LogP) is 0.486. The van der Waals surface area contributed by atoms with E-state index in [1.54, 1.807) is 23.3 Å². The molecule has 0 atom stereocenters. The van der Waals surface area contributed by atoms with Crippen molar-refractivity contribution < 1.29 is 0 Å². The molecule has 0 unspecified atom stereocenters. The number of rotatable bonds is 4. The topological polar surface area (TPSA) is 85.8 Å². The second-order valence-corrected chi connectivity index (χ2v) is 4.59. The molecule has 7 nitrogen and oxygen atoms in total. The maximum absolute atomic E-state index is 5.73. The maximum atomic E-state index is 5.73. The first kappa shape index (κ1) is 10.9. The van der Waals surface area contributed by atoms with E-state index in [1.165, 1.54) is 12.8 Å². The Morgan fingerprint density at radius 2 is 2.22 bits per heavy atom. The van der Waals surface area contributed by atoms with E-state index in [1.807, 2.05) is 11.9 Å². The number of hydrogen-bond donors (Lipinski definition) is 1. The van der Waals surface area contributed by atoms with E-state index >= 15 is 0 Å². The molecule has 94 valence electrons. The molecule has 18 heavy (non-hydrogen) atoms. The van der Waals surface area contributed by atoms with Crippen molar-refractivity contribution >= 4 is 11.9 Å². The molecule has 0 spiro atoms. The average molecular weight is 245 g/mol. The van der Waals surface area contributed by atoms with Gasteiger partial charge in [0.15, 0.2) is 0 Å². The van der Waals surface area contributed by atoms with Crippen LogP contribution in [0.3, 0.4) is 0 Å². The summed E-state index contributed by atoms with van der Waals surface area (Å²) in [6, 6.07) is 0. The first-order chi connectivity index (χ1) is 8.72. The smallest absolute Gasteiger partial charge is 0.241 e. The zero-order valence-corrected chi connectivity index (χ0v) is 10.2. The zero-order valence-electron chi connectivity index (χ0n) is 10.2. The normalized spacial score (nSPS) is 14.7. The summed E-state index contributed by atoms with van der Waals surface area (Å²) < 4.78 is 1.71. The summed E-state index contributed by atoms with van der Waals surface area (Å²) in [5, 5.41) is 0. The molecule has 1 fully saturated rings. The lowest BCUT2D eigenvalue weighted by molar-refractivity contribution is 0.754. The van der Waals surface area contributed by atoms with Gasteiger partial charge in [0.05, 0.1) is 0 Å². The van der Waals surface area contributed by atoms with E-state index in [0.717, 1.165) is 12.5 Å². The molecule has 1 aliphatic carbocycles. The van der Waals surface area contributed by atoms with Gasteiger partial charge < -0.3 is 10.6 Å². The minimum atomic E-state index is 0.228. The van der Waals surface area contributed by atoms with Crippen molar-refractivity contribution in [3.05, 3.63) is 18.7 Å². The lowest BCUT2D eigenvalue weighted by Gasteiger charge is -2.17. The van der Waals surface area contributed by atoms with Gasteiger partial charge in [0.2, 0.25) is 17.8 Å². The molecule has 0 aromatic carbocycles. The number of aromatic nitrogens is 5. The van der Waals surface area contributed by atoms with Gasteiger partial charge in [0.25, 0.3) is 0 Å². The Balaban J connectivity index is 1.89. The highest BCUT2D eigenvalue weighted by Crippen LogP contribution is 2.30. The fourth-order valence-corrected chi connectivity index (χ4v) is 1.80. The third kappa shape index (κ3) is 2.24. The molecular formula is C11H15N7. The molecule has 2 aromatic rings. The largest absolute Gasteiger partial charge is 0.368 e.